The van der Waals surface area contributed by atoms with Crippen LogP contribution in [0.15, 0.2) is 30.3 Å². The van der Waals surface area contributed by atoms with Gasteiger partial charge in [0.15, 0.2) is 0 Å². The van der Waals surface area contributed by atoms with Crippen LogP contribution in [0.5, 0.6) is 0 Å². The first-order valence-electron chi connectivity index (χ1n) is 6.59. The van der Waals surface area contributed by atoms with Gasteiger partial charge >= 0.3 is 0 Å². The summed E-state index contributed by atoms with van der Waals surface area (Å²) in [6.45, 7) is 1.90. The second-order valence-electron chi connectivity index (χ2n) is 4.58. The molecular formula is C14H19N3O2. The van der Waals surface area contributed by atoms with Gasteiger partial charge in [-0.05, 0) is 25.0 Å². The Hall–Kier alpha value is -2.04. The number of carbonyl (C=O) groups is 2. The molecule has 0 bridgehead atoms. The van der Waals surface area contributed by atoms with E-state index in [9.17, 15) is 9.59 Å². The van der Waals surface area contributed by atoms with Gasteiger partial charge in [-0.3, -0.25) is 9.59 Å². The molecule has 1 aromatic rings. The first-order valence-corrected chi connectivity index (χ1v) is 6.59. The lowest BCUT2D eigenvalue weighted by Gasteiger charge is -2.15. The highest BCUT2D eigenvalue weighted by molar-refractivity contribution is 5.86. The van der Waals surface area contributed by atoms with Gasteiger partial charge in [0.2, 0.25) is 11.8 Å². The highest BCUT2D eigenvalue weighted by Crippen LogP contribution is 2.06. The maximum Gasteiger partial charge on any atom is 0.241 e. The summed E-state index contributed by atoms with van der Waals surface area (Å²) in [5.74, 6) is -0.165. The van der Waals surface area contributed by atoms with Crippen molar-refractivity contribution in [1.29, 1.82) is 0 Å². The molecule has 2 amide bonds. The van der Waals surface area contributed by atoms with Crippen LogP contribution in [0.4, 0.5) is 5.69 Å². The predicted octanol–water partition coefficient (Wildman–Crippen LogP) is 0.837. The minimum Gasteiger partial charge on any atom is -0.376 e. The van der Waals surface area contributed by atoms with E-state index in [2.05, 4.69) is 10.6 Å². The average molecular weight is 261 g/mol. The minimum absolute atomic E-state index is 0.00515. The van der Waals surface area contributed by atoms with Crippen molar-refractivity contribution in [1.82, 2.24) is 10.2 Å². The first kappa shape index (κ1) is 13.4. The lowest BCUT2D eigenvalue weighted by Crippen LogP contribution is -2.40. The Morgan fingerprint density at radius 1 is 1.05 bits per heavy atom. The van der Waals surface area contributed by atoms with Crippen molar-refractivity contribution in [3.63, 3.8) is 0 Å². The number of para-hydroxylation sites is 1. The zero-order valence-electron chi connectivity index (χ0n) is 10.9. The fraction of sp³-hybridized carbons (Fsp3) is 0.429. The third-order valence-electron chi connectivity index (χ3n) is 3.12. The molecule has 1 fully saturated rings. The Labute approximate surface area is 113 Å². The van der Waals surface area contributed by atoms with Crippen molar-refractivity contribution in [3.8, 4) is 0 Å². The Kier molecular flexibility index (Phi) is 4.78. The third-order valence-corrected chi connectivity index (χ3v) is 3.12. The molecule has 0 atom stereocenters. The average Bonchev–Trinajstić information content (AvgIpc) is 2.98. The van der Waals surface area contributed by atoms with Gasteiger partial charge in [0.05, 0.1) is 13.1 Å². The smallest absolute Gasteiger partial charge is 0.241 e. The molecule has 1 aliphatic heterocycles. The zero-order chi connectivity index (χ0) is 13.5. The molecule has 1 aromatic carbocycles. The van der Waals surface area contributed by atoms with Crippen LogP contribution in [0, 0.1) is 0 Å². The van der Waals surface area contributed by atoms with E-state index in [1.54, 1.807) is 4.90 Å². The summed E-state index contributed by atoms with van der Waals surface area (Å²) in [5.41, 5.74) is 0.892. The lowest BCUT2D eigenvalue weighted by molar-refractivity contribution is -0.131. The monoisotopic (exact) mass is 261 g/mol. The van der Waals surface area contributed by atoms with E-state index < -0.39 is 0 Å². The molecule has 0 spiro atoms. The molecule has 0 radical (unpaired) electrons. The highest BCUT2D eigenvalue weighted by Gasteiger charge is 2.17. The molecule has 1 saturated heterocycles. The Balaban J connectivity index is 1.65. The van der Waals surface area contributed by atoms with Crippen LogP contribution in [-0.4, -0.2) is 42.9 Å². The van der Waals surface area contributed by atoms with Crippen molar-refractivity contribution in [3.05, 3.63) is 30.3 Å². The Morgan fingerprint density at radius 3 is 2.42 bits per heavy atom. The number of benzene rings is 1. The summed E-state index contributed by atoms with van der Waals surface area (Å²) in [4.78, 5) is 25.1. The standard InChI is InChI=1S/C14H19N3O2/c18-13(10-15-12-6-2-1-3-7-12)16-11-14(19)17-8-4-5-9-17/h1-3,6-7,15H,4-5,8-11H2,(H,16,18). The summed E-state index contributed by atoms with van der Waals surface area (Å²) in [6, 6.07) is 9.50. The molecule has 2 rings (SSSR count). The molecule has 5 heteroatoms. The number of amides is 2. The molecular weight excluding hydrogens is 242 g/mol. The minimum atomic E-state index is -0.170. The summed E-state index contributed by atoms with van der Waals surface area (Å²) >= 11 is 0. The van der Waals surface area contributed by atoms with Gasteiger partial charge in [0.25, 0.3) is 0 Å². The summed E-state index contributed by atoms with van der Waals surface area (Å²) in [6.07, 6.45) is 2.13. The fourth-order valence-electron chi connectivity index (χ4n) is 2.05. The predicted molar refractivity (Wildman–Crippen MR) is 73.8 cm³/mol. The molecule has 19 heavy (non-hydrogen) atoms. The maximum atomic E-state index is 11.7. The second-order valence-corrected chi connectivity index (χ2v) is 4.58. The van der Waals surface area contributed by atoms with E-state index in [-0.39, 0.29) is 24.9 Å². The van der Waals surface area contributed by atoms with Crippen molar-refractivity contribution in [2.24, 2.45) is 0 Å². The number of rotatable bonds is 5. The Morgan fingerprint density at radius 2 is 1.74 bits per heavy atom. The van der Waals surface area contributed by atoms with Gasteiger partial charge < -0.3 is 15.5 Å². The zero-order valence-corrected chi connectivity index (χ0v) is 10.9. The van der Waals surface area contributed by atoms with Gasteiger partial charge in [-0.2, -0.15) is 0 Å². The van der Waals surface area contributed by atoms with Crippen LogP contribution in [0.3, 0.4) is 0 Å². The van der Waals surface area contributed by atoms with E-state index in [1.165, 1.54) is 0 Å². The summed E-state index contributed by atoms with van der Waals surface area (Å²) in [7, 11) is 0. The molecule has 5 nitrogen and oxygen atoms in total. The normalized spacial score (nSPS) is 14.2. The molecule has 102 valence electrons. The lowest BCUT2D eigenvalue weighted by atomic mass is 10.3. The van der Waals surface area contributed by atoms with Crippen LogP contribution in [0.1, 0.15) is 12.8 Å². The van der Waals surface area contributed by atoms with E-state index >= 15 is 0 Å². The summed E-state index contributed by atoms with van der Waals surface area (Å²) < 4.78 is 0. The summed E-state index contributed by atoms with van der Waals surface area (Å²) in [5, 5.41) is 5.64. The van der Waals surface area contributed by atoms with Gasteiger partial charge in [0, 0.05) is 18.8 Å². The number of likely N-dealkylation sites (tertiary alicyclic amines) is 1. The Bertz CT molecular complexity index is 428. The van der Waals surface area contributed by atoms with Crippen LogP contribution in [0.2, 0.25) is 0 Å². The van der Waals surface area contributed by atoms with Crippen LogP contribution >= 0.6 is 0 Å². The molecule has 0 aromatic heterocycles. The molecule has 1 heterocycles. The van der Waals surface area contributed by atoms with E-state index in [4.69, 9.17) is 0 Å². The van der Waals surface area contributed by atoms with Gasteiger partial charge in [-0.25, -0.2) is 0 Å². The molecule has 1 aliphatic rings. The molecule has 2 N–H and O–H groups in total. The molecule has 0 unspecified atom stereocenters. The highest BCUT2D eigenvalue weighted by atomic mass is 16.2. The van der Waals surface area contributed by atoms with E-state index in [0.29, 0.717) is 0 Å². The van der Waals surface area contributed by atoms with Crippen LogP contribution in [0.25, 0.3) is 0 Å². The second kappa shape index (κ2) is 6.78. The number of nitrogens with one attached hydrogen (secondary N) is 2. The SMILES string of the molecule is O=C(CNc1ccccc1)NCC(=O)N1CCCC1. The van der Waals surface area contributed by atoms with Crippen LogP contribution in [-0.2, 0) is 9.59 Å². The van der Waals surface area contributed by atoms with Crippen molar-refractivity contribution >= 4 is 17.5 Å². The third kappa shape index (κ3) is 4.28. The van der Waals surface area contributed by atoms with E-state index in [1.807, 2.05) is 30.3 Å². The number of anilines is 1. The number of carbonyl (C=O) groups excluding carboxylic acids is 2. The fourth-order valence-corrected chi connectivity index (χ4v) is 2.05. The van der Waals surface area contributed by atoms with Crippen molar-refractivity contribution in [2.75, 3.05) is 31.5 Å². The number of hydrogen-bond acceptors (Lipinski definition) is 3. The quantitative estimate of drug-likeness (QED) is 0.825. The van der Waals surface area contributed by atoms with Gasteiger partial charge in [-0.15, -0.1) is 0 Å². The topological polar surface area (TPSA) is 61.4 Å². The van der Waals surface area contributed by atoms with E-state index in [0.717, 1.165) is 31.6 Å². The number of hydrogen-bond donors (Lipinski definition) is 2. The number of nitrogens with zero attached hydrogens (tertiary/aromatic N) is 1. The molecule has 0 aliphatic carbocycles. The maximum absolute atomic E-state index is 11.7. The van der Waals surface area contributed by atoms with Crippen molar-refractivity contribution in [2.45, 2.75) is 12.8 Å². The van der Waals surface area contributed by atoms with Crippen LogP contribution < -0.4 is 10.6 Å². The van der Waals surface area contributed by atoms with Gasteiger partial charge in [0.1, 0.15) is 0 Å². The van der Waals surface area contributed by atoms with Crippen molar-refractivity contribution < 1.29 is 9.59 Å². The van der Waals surface area contributed by atoms with Gasteiger partial charge in [-0.1, -0.05) is 18.2 Å². The first-order chi connectivity index (χ1) is 9.25. The largest absolute Gasteiger partial charge is 0.376 e. The molecule has 0 saturated carbocycles.